The van der Waals surface area contributed by atoms with Crippen molar-refractivity contribution in [2.75, 3.05) is 39.0 Å². The molecule has 240 valence electrons. The van der Waals surface area contributed by atoms with E-state index in [9.17, 15) is 13.6 Å². The summed E-state index contributed by atoms with van der Waals surface area (Å²) in [6.45, 7) is 4.00. The molecule has 2 aromatic heterocycles. The number of carbonyl (C=O) groups excluding carboxylic acids is 1. The molecular weight excluding hydrogens is 615 g/mol. The van der Waals surface area contributed by atoms with Crippen LogP contribution in [-0.4, -0.2) is 64.3 Å². The van der Waals surface area contributed by atoms with Crippen LogP contribution in [0.15, 0.2) is 72.9 Å². The van der Waals surface area contributed by atoms with Gasteiger partial charge in [0.15, 0.2) is 5.78 Å². The summed E-state index contributed by atoms with van der Waals surface area (Å²) in [5.74, 6) is -1.48. The van der Waals surface area contributed by atoms with Gasteiger partial charge in [-0.15, -0.1) is 11.3 Å². The van der Waals surface area contributed by atoms with E-state index in [0.717, 1.165) is 90.1 Å². The van der Waals surface area contributed by atoms with Gasteiger partial charge in [-0.25, -0.2) is 23.7 Å². The van der Waals surface area contributed by atoms with Crippen molar-refractivity contribution in [1.82, 2.24) is 24.8 Å². The van der Waals surface area contributed by atoms with Gasteiger partial charge in [0.05, 0.1) is 26.8 Å². The Balaban J connectivity index is 1.22. The number of hydrogen-bond acceptors (Lipinski definition) is 8. The lowest BCUT2D eigenvalue weighted by molar-refractivity contribution is 0.0985. The first-order valence-electron chi connectivity index (χ1n) is 16.0. The third kappa shape index (κ3) is 6.86. The van der Waals surface area contributed by atoms with E-state index in [2.05, 4.69) is 52.4 Å². The monoisotopic (exact) mass is 650 g/mol. The van der Waals surface area contributed by atoms with Crippen LogP contribution in [0.4, 0.5) is 20.4 Å². The number of thiazole rings is 1. The Hall–Kier alpha value is -4.38. The van der Waals surface area contributed by atoms with Crippen molar-refractivity contribution >= 4 is 28.8 Å². The summed E-state index contributed by atoms with van der Waals surface area (Å²) in [6.07, 6.45) is 4.71. The first-order valence-corrected chi connectivity index (χ1v) is 16.8. The first kappa shape index (κ1) is 31.2. The van der Waals surface area contributed by atoms with Gasteiger partial charge >= 0.3 is 0 Å². The Morgan fingerprint density at radius 3 is 2.51 bits per heavy atom. The lowest BCUT2D eigenvalue weighted by atomic mass is 9.97. The van der Waals surface area contributed by atoms with Crippen molar-refractivity contribution in [3.05, 3.63) is 112 Å². The maximum atomic E-state index is 14.4. The van der Waals surface area contributed by atoms with Gasteiger partial charge in [-0.3, -0.25) is 4.79 Å². The van der Waals surface area contributed by atoms with Crippen LogP contribution < -0.4 is 5.32 Å². The highest BCUT2D eigenvalue weighted by atomic mass is 32.1. The van der Waals surface area contributed by atoms with Crippen molar-refractivity contribution in [2.45, 2.75) is 38.1 Å². The summed E-state index contributed by atoms with van der Waals surface area (Å²) >= 11 is 1.65. The average molecular weight is 651 g/mol. The van der Waals surface area contributed by atoms with Crippen LogP contribution in [0, 0.1) is 11.6 Å². The van der Waals surface area contributed by atoms with E-state index >= 15 is 0 Å². The summed E-state index contributed by atoms with van der Waals surface area (Å²) in [7, 11) is 4.28. The number of nitrogens with zero attached hydrogens (tertiary/aromatic N) is 5. The Labute approximate surface area is 277 Å². The molecular formula is C37H36F2N6OS. The molecule has 7 rings (SSSR count). The van der Waals surface area contributed by atoms with Crippen LogP contribution in [0.25, 0.3) is 21.8 Å². The highest BCUT2D eigenvalue weighted by molar-refractivity contribution is 7.15. The van der Waals surface area contributed by atoms with E-state index in [1.54, 1.807) is 23.6 Å². The summed E-state index contributed by atoms with van der Waals surface area (Å²) in [5.41, 5.74) is 6.11. The number of fused-ring (bicyclic) bond motifs is 1. The minimum absolute atomic E-state index is 0.134. The molecule has 0 unspecified atom stereocenters. The highest BCUT2D eigenvalue weighted by Gasteiger charge is 2.26. The average Bonchev–Trinajstić information content (AvgIpc) is 3.51. The molecule has 0 amide bonds. The van der Waals surface area contributed by atoms with Gasteiger partial charge in [-0.2, -0.15) is 0 Å². The molecule has 47 heavy (non-hydrogen) atoms. The zero-order valence-corrected chi connectivity index (χ0v) is 27.3. The molecule has 7 nitrogen and oxygen atoms in total. The Morgan fingerprint density at radius 1 is 0.915 bits per heavy atom. The number of piperidine rings is 1. The van der Waals surface area contributed by atoms with Crippen LogP contribution in [0.3, 0.4) is 0 Å². The van der Waals surface area contributed by atoms with Gasteiger partial charge in [0, 0.05) is 42.9 Å². The molecule has 1 N–H and O–H groups in total. The smallest absolute Gasteiger partial charge is 0.227 e. The normalized spacial score (nSPS) is 15.8. The van der Waals surface area contributed by atoms with Gasteiger partial charge in [-0.05, 0) is 99.5 Å². The predicted octanol–water partition coefficient (Wildman–Crippen LogP) is 7.51. The SMILES string of the molecule is CN1CCC(c2nc(-c3cccc(CC(=O)c4c(F)cccc4F)c3)c(-c3ccnc(Nc4ccc5c(c4)CN(C)CC5)n3)s2)CC1. The third-order valence-electron chi connectivity index (χ3n) is 9.07. The molecule has 0 bridgehead atoms. The molecule has 1 saturated heterocycles. The fourth-order valence-corrected chi connectivity index (χ4v) is 7.68. The molecule has 3 aromatic carbocycles. The van der Waals surface area contributed by atoms with Crippen molar-refractivity contribution in [3.63, 3.8) is 0 Å². The zero-order valence-electron chi connectivity index (χ0n) is 26.5. The summed E-state index contributed by atoms with van der Waals surface area (Å²) in [4.78, 5) is 33.2. The summed E-state index contributed by atoms with van der Waals surface area (Å²) < 4.78 is 28.7. The van der Waals surface area contributed by atoms with E-state index in [1.165, 1.54) is 17.2 Å². The zero-order chi connectivity index (χ0) is 32.5. The van der Waals surface area contributed by atoms with E-state index in [-0.39, 0.29) is 6.42 Å². The Kier molecular flexibility index (Phi) is 8.90. The minimum Gasteiger partial charge on any atom is -0.324 e. The fourth-order valence-electron chi connectivity index (χ4n) is 6.45. The van der Waals surface area contributed by atoms with Gasteiger partial charge < -0.3 is 15.1 Å². The number of nitrogens with one attached hydrogen (secondary N) is 1. The fraction of sp³-hybridized carbons (Fsp3) is 0.297. The second-order valence-electron chi connectivity index (χ2n) is 12.6. The van der Waals surface area contributed by atoms with Crippen molar-refractivity contribution in [1.29, 1.82) is 0 Å². The van der Waals surface area contributed by atoms with E-state index < -0.39 is 23.0 Å². The third-order valence-corrected chi connectivity index (χ3v) is 10.3. The molecule has 0 atom stereocenters. The number of anilines is 2. The Bertz CT molecular complexity index is 1920. The predicted molar refractivity (Wildman–Crippen MR) is 182 cm³/mol. The quantitative estimate of drug-likeness (QED) is 0.174. The molecule has 1 fully saturated rings. The largest absolute Gasteiger partial charge is 0.324 e. The molecule has 2 aliphatic rings. The van der Waals surface area contributed by atoms with Crippen LogP contribution >= 0.6 is 11.3 Å². The lowest BCUT2D eigenvalue weighted by Crippen LogP contribution is -2.29. The molecule has 4 heterocycles. The number of likely N-dealkylation sites (N-methyl/N-ethyl adjacent to an activating group) is 1. The lowest BCUT2D eigenvalue weighted by Gasteiger charge is -2.27. The van der Waals surface area contributed by atoms with Crippen LogP contribution in [0.1, 0.15) is 50.8 Å². The first-order chi connectivity index (χ1) is 22.8. The number of carbonyl (C=O) groups is 1. The van der Waals surface area contributed by atoms with Crippen molar-refractivity contribution in [2.24, 2.45) is 0 Å². The topological polar surface area (TPSA) is 74.2 Å². The van der Waals surface area contributed by atoms with Gasteiger partial charge in [0.25, 0.3) is 0 Å². The van der Waals surface area contributed by atoms with E-state index in [0.29, 0.717) is 17.4 Å². The molecule has 2 aliphatic heterocycles. The molecule has 0 aliphatic carbocycles. The van der Waals surface area contributed by atoms with Crippen molar-refractivity contribution in [3.8, 4) is 21.8 Å². The number of benzene rings is 3. The number of aromatic nitrogens is 3. The second-order valence-corrected chi connectivity index (χ2v) is 13.6. The minimum atomic E-state index is -0.855. The van der Waals surface area contributed by atoms with Gasteiger partial charge in [0.1, 0.15) is 11.6 Å². The standard InChI is InChI=1S/C37H36F2N6OS/c1-44-16-13-25(14-17-44)36-43-34(26-6-3-5-23(19-26)20-32(46)33-29(38)7-4-8-30(33)39)35(47-36)31-11-15-40-37(42-31)41-28-10-9-24-12-18-45(2)22-27(24)21-28/h3-11,15,19,21,25H,12-14,16-18,20,22H2,1-2H3,(H,40,41,42). The number of likely N-dealkylation sites (tertiary alicyclic amines) is 1. The van der Waals surface area contributed by atoms with Gasteiger partial charge in [0.2, 0.25) is 5.95 Å². The maximum absolute atomic E-state index is 14.4. The highest BCUT2D eigenvalue weighted by Crippen LogP contribution is 2.41. The summed E-state index contributed by atoms with van der Waals surface area (Å²) in [6, 6.07) is 19.3. The Morgan fingerprint density at radius 2 is 1.70 bits per heavy atom. The molecule has 0 radical (unpaired) electrons. The molecule has 0 saturated carbocycles. The summed E-state index contributed by atoms with van der Waals surface area (Å²) in [5, 5.41) is 4.47. The number of ketones is 1. The van der Waals surface area contributed by atoms with Crippen LogP contribution in [-0.2, 0) is 19.4 Å². The number of halogens is 2. The number of rotatable bonds is 8. The van der Waals surface area contributed by atoms with E-state index in [4.69, 9.17) is 9.97 Å². The van der Waals surface area contributed by atoms with Crippen LogP contribution in [0.5, 0.6) is 0 Å². The number of hydrogen-bond donors (Lipinski definition) is 1. The maximum Gasteiger partial charge on any atom is 0.227 e. The molecule has 10 heteroatoms. The number of Topliss-reactive ketones (excluding diaryl/α,β-unsaturated/α-hetero) is 1. The van der Waals surface area contributed by atoms with E-state index in [1.807, 2.05) is 24.3 Å². The van der Waals surface area contributed by atoms with Gasteiger partial charge in [-0.1, -0.05) is 30.3 Å². The molecule has 5 aromatic rings. The second kappa shape index (κ2) is 13.4. The molecule has 0 spiro atoms. The van der Waals surface area contributed by atoms with Crippen molar-refractivity contribution < 1.29 is 13.6 Å². The van der Waals surface area contributed by atoms with Crippen LogP contribution in [0.2, 0.25) is 0 Å².